The lowest BCUT2D eigenvalue weighted by Gasteiger charge is -2.15. The summed E-state index contributed by atoms with van der Waals surface area (Å²) in [6, 6.07) is 61.0. The molecule has 222 valence electrons. The predicted octanol–water partition coefficient (Wildman–Crippen LogP) is 12.4. The van der Waals surface area contributed by atoms with Gasteiger partial charge in [-0.2, -0.15) is 0 Å². The number of aromatic nitrogens is 2. The summed E-state index contributed by atoms with van der Waals surface area (Å²) >= 11 is 0. The van der Waals surface area contributed by atoms with Crippen LogP contribution in [0, 0.1) is 0 Å². The van der Waals surface area contributed by atoms with Crippen molar-refractivity contribution in [1.82, 2.24) is 9.97 Å². The first-order chi connectivity index (χ1) is 23.8. The van der Waals surface area contributed by atoms with E-state index in [-0.39, 0.29) is 0 Å². The molecule has 0 bridgehead atoms. The SMILES string of the molecule is c1ccc(-c2nc(-c3ccc4ccccc4c3)c3ccc(-c4cc5c(ccc6ccc7ccccc7c65)c5ccccc45)cc3n2)cc1. The molecule has 2 nitrogen and oxygen atoms in total. The van der Waals surface area contributed by atoms with Gasteiger partial charge in [-0.15, -0.1) is 0 Å². The van der Waals surface area contributed by atoms with E-state index in [1.54, 1.807) is 0 Å². The minimum absolute atomic E-state index is 0.726. The molecule has 1 heterocycles. The molecule has 48 heavy (non-hydrogen) atoms. The zero-order chi connectivity index (χ0) is 31.6. The van der Waals surface area contributed by atoms with Crippen molar-refractivity contribution >= 4 is 64.8 Å². The zero-order valence-electron chi connectivity index (χ0n) is 26.1. The summed E-state index contributed by atoms with van der Waals surface area (Å²) in [5, 5.41) is 13.6. The molecule has 0 aliphatic rings. The average Bonchev–Trinajstić information content (AvgIpc) is 3.16. The lowest BCUT2D eigenvalue weighted by Crippen LogP contribution is -1.96. The third kappa shape index (κ3) is 4.20. The number of hydrogen-bond acceptors (Lipinski definition) is 2. The summed E-state index contributed by atoms with van der Waals surface area (Å²) in [6.45, 7) is 0. The standard InChI is InChI=1S/C46H28N2/c1-2-12-32(13-3-1)46-47-43-27-34(23-25-40(43)45(48-46)35-21-18-29-10-4-5-14-33(29)26-35)41-28-42-39(37-16-8-9-17-38(37)41)24-22-31-20-19-30-11-6-7-15-36(30)44(31)42/h1-28H. The van der Waals surface area contributed by atoms with Crippen LogP contribution in [0.25, 0.3) is 98.5 Å². The first kappa shape index (κ1) is 26.8. The van der Waals surface area contributed by atoms with Gasteiger partial charge in [0, 0.05) is 16.5 Å². The van der Waals surface area contributed by atoms with Crippen LogP contribution < -0.4 is 0 Å². The Bertz CT molecular complexity index is 2890. The first-order valence-corrected chi connectivity index (χ1v) is 16.4. The van der Waals surface area contributed by atoms with E-state index >= 15 is 0 Å². The second-order valence-electron chi connectivity index (χ2n) is 12.6. The van der Waals surface area contributed by atoms with E-state index < -0.39 is 0 Å². The molecule has 0 spiro atoms. The minimum atomic E-state index is 0.726. The molecule has 0 amide bonds. The van der Waals surface area contributed by atoms with E-state index in [4.69, 9.17) is 9.97 Å². The normalized spacial score (nSPS) is 11.8. The first-order valence-electron chi connectivity index (χ1n) is 16.4. The monoisotopic (exact) mass is 608 g/mol. The molecule has 0 aliphatic heterocycles. The van der Waals surface area contributed by atoms with Crippen molar-refractivity contribution in [2.75, 3.05) is 0 Å². The zero-order valence-corrected chi connectivity index (χ0v) is 26.1. The Hall–Kier alpha value is -6.38. The van der Waals surface area contributed by atoms with E-state index in [1.165, 1.54) is 59.4 Å². The number of benzene rings is 9. The second kappa shape index (κ2) is 10.6. The van der Waals surface area contributed by atoms with Gasteiger partial charge in [-0.05, 0) is 89.3 Å². The number of fused-ring (bicyclic) bond motifs is 9. The molecule has 10 aromatic rings. The van der Waals surface area contributed by atoms with Crippen molar-refractivity contribution in [2.24, 2.45) is 0 Å². The van der Waals surface area contributed by atoms with Crippen LogP contribution in [0.4, 0.5) is 0 Å². The second-order valence-corrected chi connectivity index (χ2v) is 12.6. The van der Waals surface area contributed by atoms with Gasteiger partial charge in [0.1, 0.15) is 0 Å². The third-order valence-corrected chi connectivity index (χ3v) is 9.81. The van der Waals surface area contributed by atoms with Gasteiger partial charge in [-0.3, -0.25) is 0 Å². The fraction of sp³-hybridized carbons (Fsp3) is 0. The largest absolute Gasteiger partial charge is 0.228 e. The van der Waals surface area contributed by atoms with Crippen LogP contribution >= 0.6 is 0 Å². The van der Waals surface area contributed by atoms with Gasteiger partial charge >= 0.3 is 0 Å². The summed E-state index contributed by atoms with van der Waals surface area (Å²) in [7, 11) is 0. The van der Waals surface area contributed by atoms with Crippen LogP contribution in [0.5, 0.6) is 0 Å². The molecular formula is C46H28N2. The smallest absolute Gasteiger partial charge is 0.160 e. The van der Waals surface area contributed by atoms with E-state index in [0.29, 0.717) is 0 Å². The highest BCUT2D eigenvalue weighted by atomic mass is 14.9. The molecule has 0 saturated heterocycles. The topological polar surface area (TPSA) is 25.8 Å². The predicted molar refractivity (Wildman–Crippen MR) is 203 cm³/mol. The van der Waals surface area contributed by atoms with Gasteiger partial charge in [0.05, 0.1) is 11.2 Å². The molecule has 0 radical (unpaired) electrons. The van der Waals surface area contributed by atoms with Crippen molar-refractivity contribution in [3.63, 3.8) is 0 Å². The van der Waals surface area contributed by atoms with E-state index in [9.17, 15) is 0 Å². The Balaban J connectivity index is 1.27. The number of nitrogens with zero attached hydrogens (tertiary/aromatic N) is 2. The van der Waals surface area contributed by atoms with E-state index in [1.807, 2.05) is 18.2 Å². The Morgan fingerprint density at radius 2 is 0.938 bits per heavy atom. The Morgan fingerprint density at radius 3 is 1.81 bits per heavy atom. The average molecular weight is 609 g/mol. The summed E-state index contributed by atoms with van der Waals surface area (Å²) in [5.41, 5.74) is 6.29. The van der Waals surface area contributed by atoms with Crippen LogP contribution in [-0.2, 0) is 0 Å². The van der Waals surface area contributed by atoms with Crippen LogP contribution in [0.15, 0.2) is 170 Å². The molecule has 10 rings (SSSR count). The molecule has 0 atom stereocenters. The summed E-state index contributed by atoms with van der Waals surface area (Å²) in [5.74, 6) is 0.726. The van der Waals surface area contributed by atoms with Crippen molar-refractivity contribution in [3.8, 4) is 33.8 Å². The Kier molecular flexibility index (Phi) is 5.91. The lowest BCUT2D eigenvalue weighted by molar-refractivity contribution is 1.23. The Morgan fingerprint density at radius 1 is 0.312 bits per heavy atom. The highest BCUT2D eigenvalue weighted by molar-refractivity contribution is 6.26. The maximum absolute atomic E-state index is 5.20. The minimum Gasteiger partial charge on any atom is -0.228 e. The van der Waals surface area contributed by atoms with Gasteiger partial charge in [0.2, 0.25) is 0 Å². The molecule has 0 fully saturated rings. The lowest BCUT2D eigenvalue weighted by atomic mass is 9.89. The van der Waals surface area contributed by atoms with E-state index in [2.05, 4.69) is 152 Å². The van der Waals surface area contributed by atoms with Crippen LogP contribution in [0.2, 0.25) is 0 Å². The van der Waals surface area contributed by atoms with Gasteiger partial charge in [0.15, 0.2) is 5.82 Å². The molecule has 1 aromatic heterocycles. The maximum Gasteiger partial charge on any atom is 0.160 e. The summed E-state index contributed by atoms with van der Waals surface area (Å²) < 4.78 is 0. The van der Waals surface area contributed by atoms with Gasteiger partial charge in [-0.25, -0.2) is 9.97 Å². The van der Waals surface area contributed by atoms with Gasteiger partial charge < -0.3 is 0 Å². The third-order valence-electron chi connectivity index (χ3n) is 9.81. The van der Waals surface area contributed by atoms with Crippen LogP contribution in [-0.4, -0.2) is 9.97 Å². The van der Waals surface area contributed by atoms with Gasteiger partial charge in [-0.1, -0.05) is 146 Å². The van der Waals surface area contributed by atoms with Crippen LogP contribution in [0.3, 0.4) is 0 Å². The molecule has 0 aliphatic carbocycles. The molecular weight excluding hydrogens is 581 g/mol. The molecule has 2 heteroatoms. The molecule has 9 aromatic carbocycles. The molecule has 0 unspecified atom stereocenters. The molecule has 0 N–H and O–H groups in total. The number of rotatable bonds is 3. The maximum atomic E-state index is 5.20. The van der Waals surface area contributed by atoms with Crippen molar-refractivity contribution in [1.29, 1.82) is 0 Å². The summed E-state index contributed by atoms with van der Waals surface area (Å²) in [6.07, 6.45) is 0. The fourth-order valence-electron chi connectivity index (χ4n) is 7.49. The van der Waals surface area contributed by atoms with Crippen LogP contribution in [0.1, 0.15) is 0 Å². The molecule has 0 saturated carbocycles. The highest BCUT2D eigenvalue weighted by Gasteiger charge is 2.16. The summed E-state index contributed by atoms with van der Waals surface area (Å²) in [4.78, 5) is 10.4. The fourth-order valence-corrected chi connectivity index (χ4v) is 7.49. The Labute approximate surface area is 277 Å². The van der Waals surface area contributed by atoms with Crippen molar-refractivity contribution in [3.05, 3.63) is 170 Å². The quantitative estimate of drug-likeness (QED) is 0.187. The van der Waals surface area contributed by atoms with E-state index in [0.717, 1.165) is 39.1 Å². The van der Waals surface area contributed by atoms with Crippen molar-refractivity contribution in [2.45, 2.75) is 0 Å². The number of hydrogen-bond donors (Lipinski definition) is 0. The van der Waals surface area contributed by atoms with Crippen molar-refractivity contribution < 1.29 is 0 Å². The van der Waals surface area contributed by atoms with Gasteiger partial charge in [0.25, 0.3) is 0 Å². The highest BCUT2D eigenvalue weighted by Crippen LogP contribution is 2.41.